The maximum absolute atomic E-state index is 13.5. The lowest BCUT2D eigenvalue weighted by Gasteiger charge is -2.20. The number of nitrogens with zero attached hydrogens (tertiary/aromatic N) is 2. The number of carbonyl (C=O) groups is 2. The second-order valence-corrected chi connectivity index (χ2v) is 11.9. The summed E-state index contributed by atoms with van der Waals surface area (Å²) >= 11 is 0. The molecule has 10 heteroatoms. The summed E-state index contributed by atoms with van der Waals surface area (Å²) in [6.07, 6.45) is 1.32. The third kappa shape index (κ3) is 7.50. The van der Waals surface area contributed by atoms with E-state index in [1.807, 2.05) is 64.1 Å². The molecule has 0 saturated carbocycles. The fraction of sp³-hybridized carbons (Fsp3) is 0.394. The number of carbonyl (C=O) groups excluding carboxylic acids is 2. The maximum atomic E-state index is 13.5. The molecule has 1 N–H and O–H groups in total. The number of ether oxygens (including phenoxy) is 2. The van der Waals surface area contributed by atoms with Crippen LogP contribution in [0.5, 0.6) is 0 Å². The van der Waals surface area contributed by atoms with Gasteiger partial charge in [-0.1, -0.05) is 49.4 Å². The van der Waals surface area contributed by atoms with Crippen LogP contribution in [-0.4, -0.2) is 32.2 Å². The first-order valence-electron chi connectivity index (χ1n) is 14.2. The van der Waals surface area contributed by atoms with Crippen molar-refractivity contribution in [3.63, 3.8) is 0 Å². The molecule has 0 spiro atoms. The Labute approximate surface area is 250 Å². The molecular formula is C33H38N2O8. The van der Waals surface area contributed by atoms with Crippen LogP contribution in [0.1, 0.15) is 97.4 Å². The minimum atomic E-state index is -1.44. The second-order valence-electron chi connectivity index (χ2n) is 11.9. The number of hydrogen-bond acceptors (Lipinski definition) is 9. The Morgan fingerprint density at radius 2 is 1.65 bits per heavy atom. The normalized spacial score (nSPS) is 11.9. The predicted molar refractivity (Wildman–Crippen MR) is 159 cm³/mol. The zero-order valence-corrected chi connectivity index (χ0v) is 25.6. The van der Waals surface area contributed by atoms with Gasteiger partial charge in [0, 0.05) is 13.0 Å². The van der Waals surface area contributed by atoms with Crippen molar-refractivity contribution in [3.05, 3.63) is 99.0 Å². The number of aryl methyl sites for hydroxylation is 2. The standard InChI is InChI=1S/C33H38N2O8/c1-8-11-26-34-28(33(6,7)39)27(30(37)40-19-25-20(2)41-31(38)42-25)35(26)18-21-14-16-22(17-15-21)23-12-9-10-13-24(23)29(36)43-32(3,4)5/h9-10,12-17,39H,8,11,18-19H2,1-7H3. The molecule has 0 amide bonds. The molecule has 0 atom stereocenters. The Morgan fingerprint density at radius 3 is 2.23 bits per heavy atom. The number of aliphatic hydroxyl groups is 1. The van der Waals surface area contributed by atoms with Crippen LogP contribution in [0, 0.1) is 6.92 Å². The molecular weight excluding hydrogens is 552 g/mol. The smallest absolute Gasteiger partial charge is 0.456 e. The van der Waals surface area contributed by atoms with E-state index in [1.165, 1.54) is 6.92 Å². The lowest BCUT2D eigenvalue weighted by molar-refractivity contribution is 0.00701. The van der Waals surface area contributed by atoms with E-state index in [2.05, 4.69) is 4.98 Å². The van der Waals surface area contributed by atoms with Crippen molar-refractivity contribution in [3.8, 4) is 11.1 Å². The highest BCUT2D eigenvalue weighted by atomic mass is 16.6. The Morgan fingerprint density at radius 1 is 0.977 bits per heavy atom. The minimum absolute atomic E-state index is 0.102. The summed E-state index contributed by atoms with van der Waals surface area (Å²) in [6.45, 7) is 12.1. The molecule has 43 heavy (non-hydrogen) atoms. The monoisotopic (exact) mass is 590 g/mol. The summed E-state index contributed by atoms with van der Waals surface area (Å²) in [4.78, 5) is 42.5. The van der Waals surface area contributed by atoms with Gasteiger partial charge in [0.1, 0.15) is 22.7 Å². The zero-order valence-electron chi connectivity index (χ0n) is 25.6. The number of imidazole rings is 1. The van der Waals surface area contributed by atoms with Crippen LogP contribution in [-0.2, 0) is 34.6 Å². The molecule has 0 bridgehead atoms. The summed E-state index contributed by atoms with van der Waals surface area (Å²) in [5, 5.41) is 10.9. The average molecular weight is 591 g/mol. The van der Waals surface area contributed by atoms with Crippen molar-refractivity contribution in [1.29, 1.82) is 0 Å². The predicted octanol–water partition coefficient (Wildman–Crippen LogP) is 5.95. The van der Waals surface area contributed by atoms with E-state index < -0.39 is 29.0 Å². The quantitative estimate of drug-likeness (QED) is 0.223. The van der Waals surface area contributed by atoms with Gasteiger partial charge in [0.25, 0.3) is 0 Å². The molecule has 0 radical (unpaired) electrons. The highest BCUT2D eigenvalue weighted by molar-refractivity contribution is 5.97. The summed E-state index contributed by atoms with van der Waals surface area (Å²) in [5.74, 6) is -1.07. The van der Waals surface area contributed by atoms with Gasteiger partial charge in [0.05, 0.1) is 5.56 Å². The average Bonchev–Trinajstić information content (AvgIpc) is 3.45. The Balaban J connectivity index is 1.68. The maximum Gasteiger partial charge on any atom is 0.519 e. The number of benzene rings is 2. The van der Waals surface area contributed by atoms with E-state index in [0.717, 1.165) is 23.1 Å². The van der Waals surface area contributed by atoms with Crippen LogP contribution in [0.3, 0.4) is 0 Å². The van der Waals surface area contributed by atoms with Gasteiger partial charge in [-0.25, -0.2) is 19.4 Å². The summed E-state index contributed by atoms with van der Waals surface area (Å²) in [5.41, 5.74) is 1.14. The highest BCUT2D eigenvalue weighted by Gasteiger charge is 2.33. The van der Waals surface area contributed by atoms with Crippen LogP contribution in [0.25, 0.3) is 11.1 Å². The lowest BCUT2D eigenvalue weighted by Crippen LogP contribution is -2.24. The molecule has 4 aromatic rings. The fourth-order valence-corrected chi connectivity index (χ4v) is 4.64. The minimum Gasteiger partial charge on any atom is -0.456 e. The molecule has 0 aliphatic rings. The van der Waals surface area contributed by atoms with Gasteiger partial charge in [0.15, 0.2) is 23.8 Å². The van der Waals surface area contributed by atoms with Crippen molar-refractivity contribution in [2.45, 2.75) is 85.7 Å². The molecule has 2 heterocycles. The van der Waals surface area contributed by atoms with E-state index in [4.69, 9.17) is 18.3 Å². The van der Waals surface area contributed by atoms with Gasteiger partial charge in [-0.15, -0.1) is 0 Å². The van der Waals surface area contributed by atoms with Gasteiger partial charge < -0.3 is 28.0 Å². The van der Waals surface area contributed by atoms with Gasteiger partial charge in [-0.3, -0.25) is 0 Å². The van der Waals surface area contributed by atoms with E-state index in [1.54, 1.807) is 30.5 Å². The Hall–Kier alpha value is -4.44. The molecule has 2 aromatic heterocycles. The van der Waals surface area contributed by atoms with E-state index in [-0.39, 0.29) is 36.1 Å². The number of aromatic nitrogens is 2. The lowest BCUT2D eigenvalue weighted by atomic mass is 9.98. The van der Waals surface area contributed by atoms with Crippen LogP contribution in [0.15, 0.2) is 62.2 Å². The summed E-state index contributed by atoms with van der Waals surface area (Å²) in [6, 6.07) is 14.9. The van der Waals surface area contributed by atoms with E-state index >= 15 is 0 Å². The topological polar surface area (TPSA) is 134 Å². The van der Waals surface area contributed by atoms with Crippen molar-refractivity contribution in [1.82, 2.24) is 9.55 Å². The van der Waals surface area contributed by atoms with Gasteiger partial charge in [0.2, 0.25) is 0 Å². The van der Waals surface area contributed by atoms with Gasteiger partial charge in [-0.05, 0) is 70.7 Å². The molecule has 10 nitrogen and oxygen atoms in total. The van der Waals surface area contributed by atoms with Crippen LogP contribution in [0.4, 0.5) is 0 Å². The van der Waals surface area contributed by atoms with Crippen molar-refractivity contribution in [2.24, 2.45) is 0 Å². The van der Waals surface area contributed by atoms with Gasteiger partial charge in [-0.2, -0.15) is 0 Å². The zero-order chi connectivity index (χ0) is 31.5. The van der Waals surface area contributed by atoms with Crippen LogP contribution < -0.4 is 5.82 Å². The molecule has 0 fully saturated rings. The molecule has 4 rings (SSSR count). The van der Waals surface area contributed by atoms with E-state index in [9.17, 15) is 19.5 Å². The number of rotatable bonds is 10. The van der Waals surface area contributed by atoms with Gasteiger partial charge >= 0.3 is 17.8 Å². The summed E-state index contributed by atoms with van der Waals surface area (Å²) < 4.78 is 22.7. The third-order valence-corrected chi connectivity index (χ3v) is 6.61. The molecule has 228 valence electrons. The van der Waals surface area contributed by atoms with E-state index in [0.29, 0.717) is 17.8 Å². The van der Waals surface area contributed by atoms with Crippen molar-refractivity contribution in [2.75, 3.05) is 0 Å². The Bertz CT molecular complexity index is 1660. The Kier molecular flexibility index (Phi) is 9.10. The largest absolute Gasteiger partial charge is 0.519 e. The molecule has 2 aromatic carbocycles. The SMILES string of the molecule is CCCc1nc(C(C)(C)O)c(C(=O)OCc2oc(=O)oc2C)n1Cc1ccc(-c2ccccc2C(=O)OC(C)(C)C)cc1. The number of esters is 2. The summed E-state index contributed by atoms with van der Waals surface area (Å²) in [7, 11) is 0. The molecule has 0 aliphatic heterocycles. The highest BCUT2D eigenvalue weighted by Crippen LogP contribution is 2.29. The molecule has 0 saturated heterocycles. The van der Waals surface area contributed by atoms with Crippen LogP contribution >= 0.6 is 0 Å². The first-order chi connectivity index (χ1) is 20.2. The first kappa shape index (κ1) is 31.5. The second kappa shape index (κ2) is 12.4. The third-order valence-electron chi connectivity index (χ3n) is 6.61. The fourth-order valence-electron chi connectivity index (χ4n) is 4.64. The van der Waals surface area contributed by atoms with Crippen LogP contribution in [0.2, 0.25) is 0 Å². The first-order valence-corrected chi connectivity index (χ1v) is 14.2. The molecule has 0 unspecified atom stereocenters. The van der Waals surface area contributed by atoms with Crippen molar-refractivity contribution >= 4 is 11.9 Å². The molecule has 0 aliphatic carbocycles. The number of hydrogen-bond donors (Lipinski definition) is 1. The van der Waals surface area contributed by atoms with Crippen molar-refractivity contribution < 1.29 is 33.0 Å².